The summed E-state index contributed by atoms with van der Waals surface area (Å²) in [5, 5.41) is 0. The van der Waals surface area contributed by atoms with Gasteiger partial charge in [0.2, 0.25) is 0 Å². The molecule has 22 heavy (non-hydrogen) atoms. The largest absolute Gasteiger partial charge is 0.247 e. The highest BCUT2D eigenvalue weighted by atomic mass is 19.1. The van der Waals surface area contributed by atoms with Gasteiger partial charge in [-0.05, 0) is 55.6 Å². The van der Waals surface area contributed by atoms with E-state index >= 15 is 0 Å². The number of halogens is 1. The van der Waals surface area contributed by atoms with Gasteiger partial charge in [0.1, 0.15) is 6.17 Å². The Kier molecular flexibility index (Phi) is 7.98. The van der Waals surface area contributed by atoms with Crippen molar-refractivity contribution in [3.63, 3.8) is 0 Å². The molecular formula is C21H33F. The predicted molar refractivity (Wildman–Crippen MR) is 94.2 cm³/mol. The molecule has 0 amide bonds. The van der Waals surface area contributed by atoms with Gasteiger partial charge in [0.25, 0.3) is 0 Å². The molecule has 2 rings (SSSR count). The summed E-state index contributed by atoms with van der Waals surface area (Å²) in [6.07, 6.45) is 13.8. The molecule has 0 aliphatic heterocycles. The van der Waals surface area contributed by atoms with Crippen LogP contribution in [-0.4, -0.2) is 6.17 Å². The van der Waals surface area contributed by atoms with Gasteiger partial charge in [0.05, 0.1) is 0 Å². The van der Waals surface area contributed by atoms with Crippen molar-refractivity contribution in [2.75, 3.05) is 0 Å². The van der Waals surface area contributed by atoms with E-state index in [-0.39, 0.29) is 0 Å². The Bertz CT molecular complexity index is 387. The highest BCUT2D eigenvalue weighted by molar-refractivity contribution is 5.26. The van der Waals surface area contributed by atoms with E-state index in [2.05, 4.69) is 31.2 Å². The predicted octanol–water partition coefficient (Wildman–Crippen LogP) is 6.98. The third-order valence-electron chi connectivity index (χ3n) is 5.18. The maximum absolute atomic E-state index is 13.2. The highest BCUT2D eigenvalue weighted by Crippen LogP contribution is 2.34. The van der Waals surface area contributed by atoms with Gasteiger partial charge in [0.15, 0.2) is 0 Å². The summed E-state index contributed by atoms with van der Waals surface area (Å²) in [4.78, 5) is 0. The zero-order valence-electron chi connectivity index (χ0n) is 14.3. The molecule has 0 spiro atoms. The molecule has 1 aliphatic carbocycles. The van der Waals surface area contributed by atoms with Gasteiger partial charge in [-0.3, -0.25) is 0 Å². The second-order valence-corrected chi connectivity index (χ2v) is 7.06. The van der Waals surface area contributed by atoms with E-state index in [4.69, 9.17) is 0 Å². The van der Waals surface area contributed by atoms with E-state index in [0.717, 1.165) is 25.7 Å². The summed E-state index contributed by atoms with van der Waals surface area (Å²) in [6.45, 7) is 2.27. The van der Waals surface area contributed by atoms with Crippen molar-refractivity contribution in [2.24, 2.45) is 0 Å². The quantitative estimate of drug-likeness (QED) is 0.432. The van der Waals surface area contributed by atoms with Crippen molar-refractivity contribution in [1.29, 1.82) is 0 Å². The van der Waals surface area contributed by atoms with Crippen LogP contribution < -0.4 is 0 Å². The van der Waals surface area contributed by atoms with Crippen molar-refractivity contribution in [3.05, 3.63) is 35.4 Å². The molecule has 1 aliphatic rings. The van der Waals surface area contributed by atoms with Gasteiger partial charge < -0.3 is 0 Å². The van der Waals surface area contributed by atoms with Crippen LogP contribution in [0.5, 0.6) is 0 Å². The molecule has 0 N–H and O–H groups in total. The third kappa shape index (κ3) is 6.10. The SMILES string of the molecule is CCCCCCCCCc1ccc(C2CCC(F)CC2)cc1. The lowest BCUT2D eigenvalue weighted by Gasteiger charge is -2.24. The minimum atomic E-state index is -0.548. The van der Waals surface area contributed by atoms with Crippen molar-refractivity contribution in [2.45, 2.75) is 96.1 Å². The zero-order chi connectivity index (χ0) is 15.6. The average molecular weight is 304 g/mol. The molecule has 1 aromatic carbocycles. The van der Waals surface area contributed by atoms with Crippen LogP contribution >= 0.6 is 0 Å². The fourth-order valence-electron chi connectivity index (χ4n) is 3.63. The Labute approximate surface area is 136 Å². The minimum Gasteiger partial charge on any atom is -0.247 e. The molecule has 1 saturated carbocycles. The molecule has 0 saturated heterocycles. The summed E-state index contributed by atoms with van der Waals surface area (Å²) >= 11 is 0. The van der Waals surface area contributed by atoms with E-state index in [0.29, 0.717) is 5.92 Å². The summed E-state index contributed by atoms with van der Waals surface area (Å²) in [5.41, 5.74) is 2.90. The minimum absolute atomic E-state index is 0.548. The molecule has 1 heteroatoms. The van der Waals surface area contributed by atoms with E-state index in [1.54, 1.807) is 0 Å². The Morgan fingerprint density at radius 1 is 0.818 bits per heavy atom. The van der Waals surface area contributed by atoms with Crippen LogP contribution in [0.15, 0.2) is 24.3 Å². The maximum atomic E-state index is 13.2. The monoisotopic (exact) mass is 304 g/mol. The Morgan fingerprint density at radius 2 is 1.41 bits per heavy atom. The Hall–Kier alpha value is -0.850. The Morgan fingerprint density at radius 3 is 2.05 bits per heavy atom. The van der Waals surface area contributed by atoms with Crippen LogP contribution in [0.3, 0.4) is 0 Å². The normalized spacial score (nSPS) is 21.9. The van der Waals surface area contributed by atoms with Gasteiger partial charge in [-0.25, -0.2) is 4.39 Å². The molecule has 0 bridgehead atoms. The van der Waals surface area contributed by atoms with Crippen molar-refractivity contribution >= 4 is 0 Å². The maximum Gasteiger partial charge on any atom is 0.100 e. The van der Waals surface area contributed by atoms with Crippen LogP contribution in [0.25, 0.3) is 0 Å². The molecule has 124 valence electrons. The molecule has 0 radical (unpaired) electrons. The number of aryl methyl sites for hydroxylation is 1. The van der Waals surface area contributed by atoms with Crippen LogP contribution in [-0.2, 0) is 6.42 Å². The summed E-state index contributed by atoms with van der Waals surface area (Å²) in [5.74, 6) is 0.597. The van der Waals surface area contributed by atoms with Crippen LogP contribution in [0.1, 0.15) is 94.6 Å². The van der Waals surface area contributed by atoms with Crippen molar-refractivity contribution in [3.8, 4) is 0 Å². The van der Waals surface area contributed by atoms with Crippen LogP contribution in [0, 0.1) is 0 Å². The molecule has 1 fully saturated rings. The second kappa shape index (κ2) is 10.0. The molecule has 1 aromatic rings. The molecule has 0 atom stereocenters. The lowest BCUT2D eigenvalue weighted by molar-refractivity contribution is 0.235. The lowest BCUT2D eigenvalue weighted by Crippen LogP contribution is -2.13. The molecular weight excluding hydrogens is 271 g/mol. The fraction of sp³-hybridized carbons (Fsp3) is 0.714. The van der Waals surface area contributed by atoms with Crippen molar-refractivity contribution in [1.82, 2.24) is 0 Å². The van der Waals surface area contributed by atoms with Gasteiger partial charge in [-0.15, -0.1) is 0 Å². The van der Waals surface area contributed by atoms with Gasteiger partial charge >= 0.3 is 0 Å². The van der Waals surface area contributed by atoms with E-state index in [1.807, 2.05) is 0 Å². The standard InChI is InChI=1S/C21H33F/c1-2-3-4-5-6-7-8-9-18-10-12-19(13-11-18)20-14-16-21(22)17-15-20/h10-13,20-21H,2-9,14-17H2,1H3. The summed E-state index contributed by atoms with van der Waals surface area (Å²) in [7, 11) is 0. The molecule has 0 nitrogen and oxygen atoms in total. The lowest BCUT2D eigenvalue weighted by atomic mass is 9.83. The first-order valence-electron chi connectivity index (χ1n) is 9.52. The van der Waals surface area contributed by atoms with E-state index in [1.165, 1.54) is 62.5 Å². The number of hydrogen-bond donors (Lipinski definition) is 0. The highest BCUT2D eigenvalue weighted by Gasteiger charge is 2.21. The second-order valence-electron chi connectivity index (χ2n) is 7.06. The smallest absolute Gasteiger partial charge is 0.100 e. The van der Waals surface area contributed by atoms with Gasteiger partial charge in [0, 0.05) is 0 Å². The first-order valence-corrected chi connectivity index (χ1v) is 9.52. The fourth-order valence-corrected chi connectivity index (χ4v) is 3.63. The Balaban J connectivity index is 1.64. The van der Waals surface area contributed by atoms with Gasteiger partial charge in [-0.2, -0.15) is 0 Å². The third-order valence-corrected chi connectivity index (χ3v) is 5.18. The summed E-state index contributed by atoms with van der Waals surface area (Å²) < 4.78 is 13.2. The number of rotatable bonds is 9. The average Bonchev–Trinajstić information content (AvgIpc) is 2.55. The van der Waals surface area contributed by atoms with Crippen LogP contribution in [0.2, 0.25) is 0 Å². The van der Waals surface area contributed by atoms with Crippen LogP contribution in [0.4, 0.5) is 4.39 Å². The number of unbranched alkanes of at least 4 members (excludes halogenated alkanes) is 6. The van der Waals surface area contributed by atoms with Gasteiger partial charge in [-0.1, -0.05) is 69.7 Å². The number of alkyl halides is 1. The number of benzene rings is 1. The molecule has 0 heterocycles. The molecule has 0 unspecified atom stereocenters. The topological polar surface area (TPSA) is 0 Å². The molecule has 0 aromatic heterocycles. The summed E-state index contributed by atoms with van der Waals surface area (Å²) in [6, 6.07) is 9.18. The van der Waals surface area contributed by atoms with E-state index < -0.39 is 6.17 Å². The zero-order valence-corrected chi connectivity index (χ0v) is 14.3. The first-order chi connectivity index (χ1) is 10.8. The first kappa shape index (κ1) is 17.5. The van der Waals surface area contributed by atoms with Crippen molar-refractivity contribution < 1.29 is 4.39 Å². The van der Waals surface area contributed by atoms with E-state index in [9.17, 15) is 4.39 Å². The number of hydrogen-bond acceptors (Lipinski definition) is 0.